The lowest BCUT2D eigenvalue weighted by Crippen LogP contribution is -2.04. The first-order chi connectivity index (χ1) is 11.3. The minimum Gasteiger partial charge on any atom is -0.119 e. The van der Waals surface area contributed by atoms with Crippen molar-refractivity contribution >= 4 is 0 Å². The predicted molar refractivity (Wildman–Crippen MR) is 102 cm³/mol. The summed E-state index contributed by atoms with van der Waals surface area (Å²) < 4.78 is 0. The van der Waals surface area contributed by atoms with Gasteiger partial charge in [-0.05, 0) is 25.7 Å². The fourth-order valence-corrected chi connectivity index (χ4v) is 2.00. The van der Waals surface area contributed by atoms with Crippen molar-refractivity contribution in [2.24, 2.45) is 11.8 Å². The van der Waals surface area contributed by atoms with Crippen molar-refractivity contribution in [3.63, 3.8) is 0 Å². The normalized spacial score (nSPS) is 11.6. The molecule has 0 N–H and O–H groups in total. The summed E-state index contributed by atoms with van der Waals surface area (Å²) in [5.74, 6) is 22.7. The van der Waals surface area contributed by atoms with Gasteiger partial charge in [0.05, 0.1) is 5.92 Å². The van der Waals surface area contributed by atoms with E-state index in [0.29, 0.717) is 0 Å². The first kappa shape index (κ1) is 21.2. The van der Waals surface area contributed by atoms with E-state index in [2.05, 4.69) is 62.2 Å². The molecule has 0 heteroatoms. The first-order valence-electron chi connectivity index (χ1n) is 9.16. The second kappa shape index (κ2) is 16.6. The van der Waals surface area contributed by atoms with Gasteiger partial charge in [0.25, 0.3) is 0 Å². The van der Waals surface area contributed by atoms with Gasteiger partial charge in [-0.2, -0.15) is 0 Å². The van der Waals surface area contributed by atoms with Crippen LogP contribution >= 0.6 is 0 Å². The summed E-state index contributed by atoms with van der Waals surface area (Å²) in [4.78, 5) is 0. The minimum atomic E-state index is 0.00414. The number of rotatable bonds is 8. The van der Waals surface area contributed by atoms with Gasteiger partial charge in [0.2, 0.25) is 0 Å². The quantitative estimate of drug-likeness (QED) is 0.391. The van der Waals surface area contributed by atoms with Crippen LogP contribution in [0.3, 0.4) is 0 Å². The number of hydrogen-bond acceptors (Lipinski definition) is 0. The van der Waals surface area contributed by atoms with Crippen molar-refractivity contribution in [3.8, 4) is 47.9 Å². The van der Waals surface area contributed by atoms with E-state index in [1.807, 2.05) is 0 Å². The van der Waals surface area contributed by atoms with Crippen molar-refractivity contribution in [2.45, 2.75) is 85.0 Å². The third-order valence-electron chi connectivity index (χ3n) is 3.46. The zero-order valence-corrected chi connectivity index (χ0v) is 15.3. The van der Waals surface area contributed by atoms with E-state index in [-0.39, 0.29) is 11.8 Å². The van der Waals surface area contributed by atoms with E-state index in [4.69, 9.17) is 6.42 Å². The monoisotopic (exact) mass is 308 g/mol. The van der Waals surface area contributed by atoms with Gasteiger partial charge in [-0.1, -0.05) is 51.4 Å². The maximum absolute atomic E-state index is 5.64. The fourth-order valence-electron chi connectivity index (χ4n) is 2.00. The summed E-state index contributed by atoms with van der Waals surface area (Å²) in [6.07, 6.45) is 16.0. The van der Waals surface area contributed by atoms with Crippen LogP contribution in [-0.4, -0.2) is 0 Å². The molecule has 0 saturated heterocycles. The summed E-state index contributed by atoms with van der Waals surface area (Å²) in [6.45, 7) is 6.51. The lowest BCUT2D eigenvalue weighted by atomic mass is 9.93. The molecule has 0 fully saturated rings. The van der Waals surface area contributed by atoms with E-state index in [1.165, 1.54) is 19.3 Å². The second-order valence-electron chi connectivity index (χ2n) is 5.81. The second-order valence-corrected chi connectivity index (χ2v) is 5.81. The smallest absolute Gasteiger partial charge is 0.0820 e. The molecule has 124 valence electrons. The van der Waals surface area contributed by atoms with Crippen molar-refractivity contribution in [3.05, 3.63) is 0 Å². The SMILES string of the molecule is C#CC(C#CCCC)CC(C#CCCCC)CC#CCCCC. The predicted octanol–water partition coefficient (Wildman–Crippen LogP) is 5.82. The molecule has 0 rings (SSSR count). The van der Waals surface area contributed by atoms with Crippen molar-refractivity contribution in [1.82, 2.24) is 0 Å². The summed E-state index contributed by atoms with van der Waals surface area (Å²) in [6, 6.07) is 0. The molecule has 0 nitrogen and oxygen atoms in total. The van der Waals surface area contributed by atoms with Crippen LogP contribution in [0, 0.1) is 59.7 Å². The molecule has 0 aromatic rings. The Kier molecular flexibility index (Phi) is 15.3. The molecule has 2 atom stereocenters. The van der Waals surface area contributed by atoms with Crippen LogP contribution in [0.4, 0.5) is 0 Å². The van der Waals surface area contributed by atoms with E-state index in [1.54, 1.807) is 0 Å². The fraction of sp³-hybridized carbons (Fsp3) is 0.652. The van der Waals surface area contributed by atoms with E-state index in [0.717, 1.165) is 44.9 Å². The van der Waals surface area contributed by atoms with Gasteiger partial charge < -0.3 is 0 Å². The Morgan fingerprint density at radius 1 is 0.739 bits per heavy atom. The molecular formula is C23H32. The highest BCUT2D eigenvalue weighted by atomic mass is 14.1. The molecule has 0 radical (unpaired) electrons. The summed E-state index contributed by atoms with van der Waals surface area (Å²) in [5.41, 5.74) is 0. The molecule has 0 heterocycles. The molecule has 0 aromatic carbocycles. The zero-order valence-electron chi connectivity index (χ0n) is 15.3. The van der Waals surface area contributed by atoms with Crippen molar-refractivity contribution in [2.75, 3.05) is 0 Å². The van der Waals surface area contributed by atoms with Gasteiger partial charge in [0.1, 0.15) is 0 Å². The van der Waals surface area contributed by atoms with Gasteiger partial charge >= 0.3 is 0 Å². The van der Waals surface area contributed by atoms with Gasteiger partial charge in [-0.3, -0.25) is 0 Å². The highest BCUT2D eigenvalue weighted by Gasteiger charge is 2.10. The van der Waals surface area contributed by atoms with Crippen molar-refractivity contribution in [1.29, 1.82) is 0 Å². The highest BCUT2D eigenvalue weighted by molar-refractivity contribution is 5.18. The molecule has 0 spiro atoms. The van der Waals surface area contributed by atoms with Crippen LogP contribution in [0.25, 0.3) is 0 Å². The zero-order chi connectivity index (χ0) is 17.2. The molecule has 0 aliphatic heterocycles. The van der Waals surface area contributed by atoms with Crippen LogP contribution in [0.1, 0.15) is 85.0 Å². The van der Waals surface area contributed by atoms with Crippen LogP contribution in [0.2, 0.25) is 0 Å². The Hall–Kier alpha value is -1.76. The molecule has 0 aliphatic carbocycles. The topological polar surface area (TPSA) is 0 Å². The van der Waals surface area contributed by atoms with E-state index >= 15 is 0 Å². The number of terminal acetylenes is 1. The molecule has 23 heavy (non-hydrogen) atoms. The molecule has 0 saturated carbocycles. The van der Waals surface area contributed by atoms with Crippen LogP contribution in [0.5, 0.6) is 0 Å². The lowest BCUT2D eigenvalue weighted by molar-refractivity contribution is 0.585. The first-order valence-corrected chi connectivity index (χ1v) is 9.16. The maximum atomic E-state index is 5.64. The Morgan fingerprint density at radius 2 is 1.39 bits per heavy atom. The Morgan fingerprint density at radius 3 is 2.00 bits per heavy atom. The third-order valence-corrected chi connectivity index (χ3v) is 3.46. The van der Waals surface area contributed by atoms with Crippen LogP contribution < -0.4 is 0 Å². The van der Waals surface area contributed by atoms with Gasteiger partial charge in [0.15, 0.2) is 0 Å². The summed E-state index contributed by atoms with van der Waals surface area (Å²) in [5, 5.41) is 0. The summed E-state index contributed by atoms with van der Waals surface area (Å²) in [7, 11) is 0. The molecular weight excluding hydrogens is 276 g/mol. The Bertz CT molecular complexity index is 498. The molecule has 2 unspecified atom stereocenters. The Balaban J connectivity index is 4.67. The van der Waals surface area contributed by atoms with Gasteiger partial charge in [0, 0.05) is 31.6 Å². The largest absolute Gasteiger partial charge is 0.119 e. The standard InChI is InChI=1S/C23H32/c1-5-9-12-14-17-20-23(19-16-13-10-6-2)21-22(8-4)18-15-11-7-3/h4,22-23H,5-7,9-13,20-21H2,1-3H3. The van der Waals surface area contributed by atoms with Gasteiger partial charge in [-0.25, -0.2) is 0 Å². The minimum absolute atomic E-state index is 0.00414. The number of unbranched alkanes of at least 4 members (excludes halogenated alkanes) is 5. The number of hydrogen-bond donors (Lipinski definition) is 0. The molecule has 0 aliphatic rings. The molecule has 0 bridgehead atoms. The van der Waals surface area contributed by atoms with Gasteiger partial charge in [-0.15, -0.1) is 30.1 Å². The van der Waals surface area contributed by atoms with Crippen LogP contribution in [0.15, 0.2) is 0 Å². The lowest BCUT2D eigenvalue weighted by Gasteiger charge is -2.09. The third kappa shape index (κ3) is 13.6. The maximum Gasteiger partial charge on any atom is 0.0820 e. The van der Waals surface area contributed by atoms with Crippen LogP contribution in [-0.2, 0) is 0 Å². The highest BCUT2D eigenvalue weighted by Crippen LogP contribution is 2.15. The average Bonchev–Trinajstić information content (AvgIpc) is 2.57. The van der Waals surface area contributed by atoms with Crippen molar-refractivity contribution < 1.29 is 0 Å². The Labute approximate surface area is 145 Å². The summed E-state index contributed by atoms with van der Waals surface area (Å²) >= 11 is 0. The molecule has 0 amide bonds. The van der Waals surface area contributed by atoms with E-state index < -0.39 is 0 Å². The average molecular weight is 309 g/mol. The van der Waals surface area contributed by atoms with E-state index in [9.17, 15) is 0 Å². The molecule has 0 aromatic heterocycles.